The van der Waals surface area contributed by atoms with Crippen LogP contribution in [0, 0.1) is 0 Å². The molecule has 0 unspecified atom stereocenters. The lowest BCUT2D eigenvalue weighted by molar-refractivity contribution is 1.05. The Bertz CT molecular complexity index is 823. The van der Waals surface area contributed by atoms with Crippen LogP contribution in [0.25, 0.3) is 21.9 Å². The van der Waals surface area contributed by atoms with Crippen LogP contribution < -0.4 is 0 Å². The molecular weight excluding hydrogens is 228 g/mol. The number of rotatable bonds is 0. The maximum absolute atomic E-state index is 2.45. The van der Waals surface area contributed by atoms with E-state index in [9.17, 15) is 0 Å². The van der Waals surface area contributed by atoms with E-state index in [1.165, 1.54) is 40.3 Å². The summed E-state index contributed by atoms with van der Waals surface area (Å²) in [5.41, 5.74) is 9.09. The molecule has 0 aliphatic heterocycles. The van der Waals surface area contributed by atoms with E-state index in [1.54, 1.807) is 16.7 Å². The number of hydrogen-bond donors (Lipinski definition) is 0. The van der Waals surface area contributed by atoms with Crippen molar-refractivity contribution in [1.29, 1.82) is 0 Å². The van der Waals surface area contributed by atoms with E-state index >= 15 is 0 Å². The van der Waals surface area contributed by atoms with Gasteiger partial charge in [0.1, 0.15) is 0 Å². The minimum Gasteiger partial charge on any atom is -0.0804 e. The molecule has 3 aliphatic rings. The van der Waals surface area contributed by atoms with Crippen molar-refractivity contribution in [3.8, 4) is 0 Å². The van der Waals surface area contributed by atoms with Gasteiger partial charge in [-0.3, -0.25) is 0 Å². The quantitative estimate of drug-likeness (QED) is 0.602. The second-order valence-corrected chi connectivity index (χ2v) is 5.72. The van der Waals surface area contributed by atoms with Crippen LogP contribution >= 0.6 is 0 Å². The fourth-order valence-electron chi connectivity index (χ4n) is 3.89. The Kier molecular flexibility index (Phi) is 1.69. The molecule has 0 N–H and O–H groups in total. The lowest BCUT2D eigenvalue weighted by atomic mass is 9.88. The van der Waals surface area contributed by atoms with Crippen molar-refractivity contribution in [2.24, 2.45) is 0 Å². The van der Waals surface area contributed by atoms with E-state index in [-0.39, 0.29) is 0 Å². The molecule has 0 fully saturated rings. The molecular formula is C19H14. The van der Waals surface area contributed by atoms with Gasteiger partial charge in [0, 0.05) is 0 Å². The summed E-state index contributed by atoms with van der Waals surface area (Å²) in [6.45, 7) is 0. The standard InChI is InChI=1S/C19H14/c1-6-13-10-17-15-8-2-4-12-5-3-9-16(19(12)15)18(17)11-14(13)7-1/h2-6,8-9,11H,1,7,10H2. The van der Waals surface area contributed by atoms with Crippen molar-refractivity contribution in [1.82, 2.24) is 0 Å². The lowest BCUT2D eigenvalue weighted by Gasteiger charge is -2.16. The fourth-order valence-corrected chi connectivity index (χ4v) is 3.89. The van der Waals surface area contributed by atoms with Crippen LogP contribution in [-0.4, -0.2) is 0 Å². The second kappa shape index (κ2) is 3.27. The Morgan fingerprint density at radius 2 is 1.68 bits per heavy atom. The zero-order valence-corrected chi connectivity index (χ0v) is 10.7. The van der Waals surface area contributed by atoms with Crippen LogP contribution in [0.5, 0.6) is 0 Å². The van der Waals surface area contributed by atoms with Gasteiger partial charge < -0.3 is 0 Å². The minimum atomic E-state index is 1.13. The molecule has 90 valence electrons. The first-order valence-electron chi connectivity index (χ1n) is 7.07. The summed E-state index contributed by atoms with van der Waals surface area (Å²) in [6, 6.07) is 13.4. The minimum absolute atomic E-state index is 1.13. The van der Waals surface area contributed by atoms with E-state index in [0.29, 0.717) is 0 Å². The fraction of sp³-hybridized carbons (Fsp3) is 0.158. The maximum Gasteiger partial charge on any atom is -0.00139 e. The third-order valence-corrected chi connectivity index (χ3v) is 4.75. The van der Waals surface area contributed by atoms with Gasteiger partial charge in [-0.15, -0.1) is 0 Å². The molecule has 0 saturated heterocycles. The number of benzene rings is 2. The average molecular weight is 242 g/mol. The molecule has 0 aromatic heterocycles. The number of allylic oxidation sites excluding steroid dienone is 6. The molecule has 2 aromatic rings. The largest absolute Gasteiger partial charge is 0.0804 e. The average Bonchev–Trinajstić information content (AvgIpc) is 3.02. The predicted molar refractivity (Wildman–Crippen MR) is 80.8 cm³/mol. The van der Waals surface area contributed by atoms with Gasteiger partial charge in [-0.1, -0.05) is 48.6 Å². The molecule has 0 spiro atoms. The normalized spacial score (nSPS) is 19.4. The first kappa shape index (κ1) is 9.80. The van der Waals surface area contributed by atoms with Crippen LogP contribution in [0.15, 0.2) is 59.7 Å². The zero-order valence-electron chi connectivity index (χ0n) is 10.7. The summed E-state index contributed by atoms with van der Waals surface area (Å²) < 4.78 is 0. The van der Waals surface area contributed by atoms with Gasteiger partial charge in [0.25, 0.3) is 0 Å². The first-order chi connectivity index (χ1) is 9.42. The van der Waals surface area contributed by atoms with Gasteiger partial charge in [-0.25, -0.2) is 0 Å². The van der Waals surface area contributed by atoms with Gasteiger partial charge in [-0.2, -0.15) is 0 Å². The van der Waals surface area contributed by atoms with E-state index < -0.39 is 0 Å². The maximum atomic E-state index is 2.45. The molecule has 0 radical (unpaired) electrons. The molecule has 5 rings (SSSR count). The van der Waals surface area contributed by atoms with E-state index in [4.69, 9.17) is 0 Å². The van der Waals surface area contributed by atoms with Crippen LogP contribution in [0.4, 0.5) is 0 Å². The van der Waals surface area contributed by atoms with E-state index in [2.05, 4.69) is 48.6 Å². The topological polar surface area (TPSA) is 0 Å². The Labute approximate surface area is 112 Å². The van der Waals surface area contributed by atoms with Crippen molar-refractivity contribution in [3.05, 3.63) is 70.8 Å². The van der Waals surface area contributed by atoms with Gasteiger partial charge in [0.2, 0.25) is 0 Å². The highest BCUT2D eigenvalue weighted by molar-refractivity contribution is 6.17. The molecule has 0 saturated carbocycles. The summed E-state index contributed by atoms with van der Waals surface area (Å²) in [5, 5.41) is 2.84. The number of fused-ring (bicyclic) bond motifs is 3. The summed E-state index contributed by atoms with van der Waals surface area (Å²) in [5.74, 6) is 0. The molecule has 3 aliphatic carbocycles. The summed E-state index contributed by atoms with van der Waals surface area (Å²) in [4.78, 5) is 0. The molecule has 2 aromatic carbocycles. The molecule has 0 heteroatoms. The third-order valence-electron chi connectivity index (χ3n) is 4.75. The highest BCUT2D eigenvalue weighted by Gasteiger charge is 2.28. The third kappa shape index (κ3) is 1.14. The molecule has 0 bridgehead atoms. The highest BCUT2D eigenvalue weighted by Crippen LogP contribution is 2.50. The van der Waals surface area contributed by atoms with Crippen LogP contribution in [0.2, 0.25) is 0 Å². The SMILES string of the molecule is C1=C2CCC=C2CC2=C1c1cccc3cccc2c13. The van der Waals surface area contributed by atoms with Crippen LogP contribution in [0.1, 0.15) is 30.4 Å². The lowest BCUT2D eigenvalue weighted by Crippen LogP contribution is -1.95. The molecule has 0 nitrogen and oxygen atoms in total. The van der Waals surface area contributed by atoms with Gasteiger partial charge in [-0.05, 0) is 63.5 Å². The van der Waals surface area contributed by atoms with Crippen molar-refractivity contribution >= 4 is 21.9 Å². The van der Waals surface area contributed by atoms with Gasteiger partial charge >= 0.3 is 0 Å². The Morgan fingerprint density at radius 1 is 0.842 bits per heavy atom. The van der Waals surface area contributed by atoms with Gasteiger partial charge in [0.05, 0.1) is 0 Å². The van der Waals surface area contributed by atoms with Gasteiger partial charge in [0.15, 0.2) is 0 Å². The van der Waals surface area contributed by atoms with Crippen molar-refractivity contribution in [2.45, 2.75) is 19.3 Å². The smallest absolute Gasteiger partial charge is 0.00139 e. The Morgan fingerprint density at radius 3 is 2.58 bits per heavy atom. The van der Waals surface area contributed by atoms with Crippen molar-refractivity contribution in [2.75, 3.05) is 0 Å². The van der Waals surface area contributed by atoms with Crippen molar-refractivity contribution < 1.29 is 0 Å². The first-order valence-corrected chi connectivity index (χ1v) is 7.07. The summed E-state index contributed by atoms with van der Waals surface area (Å²) in [6.07, 6.45) is 8.48. The Balaban J connectivity index is 1.88. The monoisotopic (exact) mass is 242 g/mol. The Hall–Kier alpha value is -2.08. The van der Waals surface area contributed by atoms with Crippen molar-refractivity contribution in [3.63, 3.8) is 0 Å². The number of hydrogen-bond acceptors (Lipinski definition) is 0. The van der Waals surface area contributed by atoms with E-state index in [0.717, 1.165) is 6.42 Å². The van der Waals surface area contributed by atoms with E-state index in [1.807, 2.05) is 0 Å². The summed E-state index contributed by atoms with van der Waals surface area (Å²) in [7, 11) is 0. The zero-order chi connectivity index (χ0) is 12.4. The molecule has 0 amide bonds. The molecule has 19 heavy (non-hydrogen) atoms. The summed E-state index contributed by atoms with van der Waals surface area (Å²) >= 11 is 0. The molecule has 0 atom stereocenters. The van der Waals surface area contributed by atoms with Crippen LogP contribution in [0.3, 0.4) is 0 Å². The molecule has 0 heterocycles. The van der Waals surface area contributed by atoms with Crippen LogP contribution in [-0.2, 0) is 0 Å². The highest BCUT2D eigenvalue weighted by atomic mass is 14.3. The predicted octanol–water partition coefficient (Wildman–Crippen LogP) is 5.11. The second-order valence-electron chi connectivity index (χ2n) is 5.72.